The first kappa shape index (κ1) is 18.1. The van der Waals surface area contributed by atoms with Crippen LogP contribution >= 0.6 is 0 Å². The highest BCUT2D eigenvalue weighted by Crippen LogP contribution is 2.24. The van der Waals surface area contributed by atoms with Crippen molar-refractivity contribution in [2.45, 2.75) is 41.5 Å². The average Bonchev–Trinajstić information content (AvgIpc) is 2.38. The van der Waals surface area contributed by atoms with Crippen LogP contribution in [-0.4, -0.2) is 28.7 Å². The van der Waals surface area contributed by atoms with Crippen molar-refractivity contribution >= 4 is 17.2 Å². The summed E-state index contributed by atoms with van der Waals surface area (Å²) in [6.07, 6.45) is 0. The van der Waals surface area contributed by atoms with Gasteiger partial charge in [-0.1, -0.05) is 27.7 Å². The number of nitrogens with zero attached hydrogens (tertiary/aromatic N) is 3. The van der Waals surface area contributed by atoms with Crippen LogP contribution in [-0.2, 0) is 0 Å². The van der Waals surface area contributed by atoms with Crippen molar-refractivity contribution in [2.24, 2.45) is 16.8 Å². The van der Waals surface area contributed by atoms with Crippen LogP contribution < -0.4 is 0 Å². The molecule has 0 aliphatic rings. The summed E-state index contributed by atoms with van der Waals surface area (Å²) in [6.45, 7) is 14.5. The predicted molar refractivity (Wildman–Crippen MR) is 91.9 cm³/mol. The number of aliphatic imine (C=N–C) groups is 1. The Morgan fingerprint density at radius 3 is 2.18 bits per heavy atom. The summed E-state index contributed by atoms with van der Waals surface area (Å²) >= 11 is 0. The van der Waals surface area contributed by atoms with Crippen LogP contribution in [0.4, 0.5) is 11.4 Å². The van der Waals surface area contributed by atoms with Crippen LogP contribution in [0.5, 0.6) is 0 Å². The molecule has 0 N–H and O–H groups in total. The molecule has 22 heavy (non-hydrogen) atoms. The van der Waals surface area contributed by atoms with Crippen molar-refractivity contribution in [3.8, 4) is 0 Å². The standard InChI is InChI=1S/C17H27N3O2/c1-12(2)10-19(11-13(3)4)15(6)18-17-8-7-16(20(21)22)9-14(17)5/h7-9,12-13H,10-11H2,1-6H3. The Balaban J connectivity index is 3.04. The second-order valence-electron chi connectivity index (χ2n) is 6.58. The highest BCUT2D eigenvalue weighted by Gasteiger charge is 2.13. The maximum Gasteiger partial charge on any atom is 0.269 e. The quantitative estimate of drug-likeness (QED) is 0.335. The minimum atomic E-state index is -0.378. The lowest BCUT2D eigenvalue weighted by Crippen LogP contribution is -2.35. The fourth-order valence-corrected chi connectivity index (χ4v) is 2.34. The summed E-state index contributed by atoms with van der Waals surface area (Å²) in [5, 5.41) is 10.8. The van der Waals surface area contributed by atoms with Gasteiger partial charge in [-0.25, -0.2) is 4.99 Å². The van der Waals surface area contributed by atoms with Gasteiger partial charge in [0, 0.05) is 25.2 Å². The molecule has 0 aliphatic carbocycles. The lowest BCUT2D eigenvalue weighted by Gasteiger charge is -2.28. The molecule has 5 heteroatoms. The Hall–Kier alpha value is -1.91. The maximum absolute atomic E-state index is 10.8. The molecule has 1 aromatic carbocycles. The first-order valence-corrected chi connectivity index (χ1v) is 7.76. The van der Waals surface area contributed by atoms with E-state index in [9.17, 15) is 10.1 Å². The van der Waals surface area contributed by atoms with E-state index in [1.165, 1.54) is 6.07 Å². The number of hydrogen-bond donors (Lipinski definition) is 0. The van der Waals surface area contributed by atoms with Gasteiger partial charge in [0.15, 0.2) is 0 Å². The average molecular weight is 305 g/mol. The summed E-state index contributed by atoms with van der Waals surface area (Å²) < 4.78 is 0. The van der Waals surface area contributed by atoms with Gasteiger partial charge in [-0.15, -0.1) is 0 Å². The smallest absolute Gasteiger partial charge is 0.269 e. The molecule has 122 valence electrons. The summed E-state index contributed by atoms with van der Waals surface area (Å²) in [7, 11) is 0. The minimum absolute atomic E-state index is 0.107. The van der Waals surface area contributed by atoms with E-state index in [1.54, 1.807) is 12.1 Å². The van der Waals surface area contributed by atoms with Crippen molar-refractivity contribution in [1.29, 1.82) is 0 Å². The number of hydrogen-bond acceptors (Lipinski definition) is 3. The third-order valence-corrected chi connectivity index (χ3v) is 3.30. The number of benzene rings is 1. The molecular weight excluding hydrogens is 278 g/mol. The first-order chi connectivity index (χ1) is 10.2. The molecule has 1 aromatic rings. The molecule has 0 spiro atoms. The fraction of sp³-hybridized carbons (Fsp3) is 0.588. The Labute approximate surface area is 133 Å². The second kappa shape index (κ2) is 7.92. The topological polar surface area (TPSA) is 58.7 Å². The van der Waals surface area contributed by atoms with Gasteiger partial charge in [0.25, 0.3) is 5.69 Å². The molecule has 0 unspecified atom stereocenters. The van der Waals surface area contributed by atoms with E-state index < -0.39 is 0 Å². The molecule has 0 radical (unpaired) electrons. The van der Waals surface area contributed by atoms with Crippen molar-refractivity contribution in [1.82, 2.24) is 4.90 Å². The van der Waals surface area contributed by atoms with Crippen LogP contribution in [0.3, 0.4) is 0 Å². The van der Waals surface area contributed by atoms with E-state index in [0.717, 1.165) is 30.2 Å². The second-order valence-corrected chi connectivity index (χ2v) is 6.58. The van der Waals surface area contributed by atoms with Gasteiger partial charge in [-0.2, -0.15) is 0 Å². The van der Waals surface area contributed by atoms with Crippen molar-refractivity contribution < 1.29 is 4.92 Å². The van der Waals surface area contributed by atoms with Gasteiger partial charge in [0.05, 0.1) is 10.6 Å². The number of rotatable bonds is 6. The van der Waals surface area contributed by atoms with Crippen LogP contribution in [0.2, 0.25) is 0 Å². The molecule has 0 atom stereocenters. The zero-order valence-electron chi connectivity index (χ0n) is 14.5. The third kappa shape index (κ3) is 5.47. The SMILES string of the molecule is CC(=Nc1ccc([N+](=O)[O-])cc1C)N(CC(C)C)CC(C)C. The molecule has 1 rings (SSSR count). The number of nitro groups is 1. The van der Waals surface area contributed by atoms with E-state index in [2.05, 4.69) is 37.6 Å². The molecule has 0 fully saturated rings. The van der Waals surface area contributed by atoms with Crippen molar-refractivity contribution in [2.75, 3.05) is 13.1 Å². The normalized spacial score (nSPS) is 12.1. The Morgan fingerprint density at radius 1 is 1.23 bits per heavy atom. The van der Waals surface area contributed by atoms with E-state index in [4.69, 9.17) is 0 Å². The first-order valence-electron chi connectivity index (χ1n) is 7.76. The molecular formula is C17H27N3O2. The largest absolute Gasteiger partial charge is 0.360 e. The molecule has 0 heterocycles. The molecule has 5 nitrogen and oxygen atoms in total. The summed E-state index contributed by atoms with van der Waals surface area (Å²) in [5.74, 6) is 2.07. The highest BCUT2D eigenvalue weighted by atomic mass is 16.6. The maximum atomic E-state index is 10.8. The van der Waals surface area contributed by atoms with E-state index in [1.807, 2.05) is 13.8 Å². The van der Waals surface area contributed by atoms with Gasteiger partial charge in [-0.3, -0.25) is 10.1 Å². The Bertz CT molecular complexity index is 541. The lowest BCUT2D eigenvalue weighted by molar-refractivity contribution is -0.384. The van der Waals surface area contributed by atoms with Gasteiger partial charge >= 0.3 is 0 Å². The van der Waals surface area contributed by atoms with Gasteiger partial charge in [-0.05, 0) is 37.3 Å². The zero-order chi connectivity index (χ0) is 16.9. The predicted octanol–water partition coefficient (Wildman–Crippen LogP) is 4.57. The number of amidine groups is 1. The van der Waals surface area contributed by atoms with E-state index >= 15 is 0 Å². The van der Waals surface area contributed by atoms with Gasteiger partial charge in [0.2, 0.25) is 0 Å². The summed E-state index contributed by atoms with van der Waals surface area (Å²) in [4.78, 5) is 17.4. The monoisotopic (exact) mass is 305 g/mol. The minimum Gasteiger partial charge on any atom is -0.360 e. The Kier molecular flexibility index (Phi) is 6.53. The molecule has 0 aromatic heterocycles. The molecule has 0 saturated carbocycles. The van der Waals surface area contributed by atoms with Crippen LogP contribution in [0.1, 0.15) is 40.2 Å². The highest BCUT2D eigenvalue weighted by molar-refractivity contribution is 5.83. The van der Waals surface area contributed by atoms with Crippen molar-refractivity contribution in [3.63, 3.8) is 0 Å². The molecule has 0 bridgehead atoms. The van der Waals surface area contributed by atoms with Crippen molar-refractivity contribution in [3.05, 3.63) is 33.9 Å². The number of nitro benzene ring substituents is 1. The number of non-ortho nitro benzene ring substituents is 1. The number of aryl methyl sites for hydroxylation is 1. The molecule has 0 amide bonds. The fourth-order valence-electron chi connectivity index (χ4n) is 2.34. The molecule has 0 saturated heterocycles. The van der Waals surface area contributed by atoms with Gasteiger partial charge in [0.1, 0.15) is 5.84 Å². The third-order valence-electron chi connectivity index (χ3n) is 3.30. The van der Waals surface area contributed by atoms with Crippen LogP contribution in [0, 0.1) is 28.9 Å². The zero-order valence-corrected chi connectivity index (χ0v) is 14.5. The van der Waals surface area contributed by atoms with Crippen LogP contribution in [0.25, 0.3) is 0 Å². The van der Waals surface area contributed by atoms with Gasteiger partial charge < -0.3 is 4.90 Å². The summed E-state index contributed by atoms with van der Waals surface area (Å²) in [6, 6.07) is 4.80. The molecule has 0 aliphatic heterocycles. The lowest BCUT2D eigenvalue weighted by atomic mass is 10.1. The Morgan fingerprint density at radius 2 is 1.77 bits per heavy atom. The summed E-state index contributed by atoms with van der Waals surface area (Å²) in [5.41, 5.74) is 1.72. The van der Waals surface area contributed by atoms with Crippen LogP contribution in [0.15, 0.2) is 23.2 Å². The van der Waals surface area contributed by atoms with E-state index in [0.29, 0.717) is 11.8 Å². The van der Waals surface area contributed by atoms with E-state index in [-0.39, 0.29) is 10.6 Å².